The number of hydrogen-bond acceptors (Lipinski definition) is 7. The maximum atomic E-state index is 15.3. The average Bonchev–Trinajstić information content (AvgIpc) is 3.15. The Morgan fingerprint density at radius 3 is 0.758 bits per heavy atom. The van der Waals surface area contributed by atoms with Gasteiger partial charge in [0, 0.05) is 14.7 Å². The van der Waals surface area contributed by atoms with Gasteiger partial charge in [-0.25, -0.2) is 3.63 Å². The summed E-state index contributed by atoms with van der Waals surface area (Å²) < 4.78 is 290. The molecule has 28 heteroatoms. The molecule has 6 nitrogen and oxygen atoms in total. The minimum atomic E-state index is -7.47. The molecule has 0 aliphatic rings. The van der Waals surface area contributed by atoms with Crippen molar-refractivity contribution in [2.45, 2.75) is 140 Å². The molecule has 0 spiro atoms. The first-order valence-corrected chi connectivity index (χ1v) is 22.7. The minimum absolute atomic E-state index is 0.132. The van der Waals surface area contributed by atoms with Crippen LogP contribution in [0.3, 0.4) is 0 Å². The number of thiol groups is 1. The molecule has 0 unspecified atom stereocenters. The standard InChI is InChI=1S/C34H39F9O3S2.C4HF9O3S2/c1-28(2,3)22-10-16-25(17-11-22)47(26-18-12-23(13-19-26)29(4,5)6,27-20-14-24(15-21-27)30(7,8)9)46-48(44,45)34(42,43)32(37,38)31(35,36)33(39,40)41;5-1(6,3(9,10)11)2(7,8)4(12,13)18(14,15)16-17/h10-21H,1-9H3;17H. The van der Waals surface area contributed by atoms with Crippen molar-refractivity contribution in [3.63, 3.8) is 0 Å². The van der Waals surface area contributed by atoms with E-state index in [9.17, 15) is 87.1 Å². The zero-order valence-corrected chi connectivity index (χ0v) is 38.7. The van der Waals surface area contributed by atoms with E-state index in [4.69, 9.17) is 3.63 Å². The van der Waals surface area contributed by atoms with Gasteiger partial charge in [0.1, 0.15) is 0 Å². The number of rotatable bonds is 12. The van der Waals surface area contributed by atoms with Crippen LogP contribution in [-0.2, 0) is 43.7 Å². The maximum Gasteiger partial charge on any atom is 0.460 e. The van der Waals surface area contributed by atoms with Crippen molar-refractivity contribution in [1.82, 2.24) is 0 Å². The SMILES string of the molecule is CC(C)(C)c1ccc(S(OS(=O)(=O)C(F)(F)C(F)(F)C(F)(F)C(F)(F)F)(c2ccc(C(C)(C)C)cc2)c2ccc(C(C)(C)C)cc2)cc1.O=S(=O)(OS)C(F)(F)C(F)(F)C(F)(F)C(F)(F)F. The lowest BCUT2D eigenvalue weighted by Crippen LogP contribution is -2.63. The largest absolute Gasteiger partial charge is 0.460 e. The van der Waals surface area contributed by atoms with E-state index in [0.717, 1.165) is 0 Å². The Morgan fingerprint density at radius 2 is 0.576 bits per heavy atom. The van der Waals surface area contributed by atoms with Crippen LogP contribution in [0.25, 0.3) is 0 Å². The van der Waals surface area contributed by atoms with Gasteiger partial charge in [0.05, 0.1) is 0 Å². The molecule has 0 radical (unpaired) electrons. The second kappa shape index (κ2) is 18.0. The Balaban J connectivity index is 0.000000699. The monoisotopic (exact) mass is 1060 g/mol. The van der Waals surface area contributed by atoms with Gasteiger partial charge in [0.2, 0.25) is 0 Å². The summed E-state index contributed by atoms with van der Waals surface area (Å²) in [6, 6.07) is 17.2. The van der Waals surface area contributed by atoms with Crippen LogP contribution in [-0.4, -0.2) is 63.4 Å². The van der Waals surface area contributed by atoms with Gasteiger partial charge in [-0.05, 0) is 92.6 Å². The van der Waals surface area contributed by atoms with Gasteiger partial charge in [0.25, 0.3) is 0 Å². The van der Waals surface area contributed by atoms with E-state index >= 15 is 8.78 Å². The molecule has 3 aromatic rings. The number of halogens is 18. The first-order valence-electron chi connectivity index (χ1n) is 18.0. The molecule has 0 heterocycles. The molecule has 3 aromatic carbocycles. The zero-order chi connectivity index (χ0) is 52.4. The highest BCUT2D eigenvalue weighted by molar-refractivity contribution is 8.33. The normalized spacial score (nSPS) is 15.3. The molecular formula is C38H40F18O6S4. The van der Waals surface area contributed by atoms with Crippen molar-refractivity contribution in [3.8, 4) is 0 Å². The molecule has 0 fully saturated rings. The number of benzene rings is 3. The zero-order valence-electron chi connectivity index (χ0n) is 35.4. The number of hydrogen-bond donors (Lipinski definition) is 1. The minimum Gasteiger partial charge on any atom is -0.202 e. The summed E-state index contributed by atoms with van der Waals surface area (Å²) in [5.74, 6) is -29.5. The lowest BCUT2D eigenvalue weighted by atomic mass is 9.87. The van der Waals surface area contributed by atoms with Crippen LogP contribution in [0.5, 0.6) is 0 Å². The maximum absolute atomic E-state index is 15.3. The van der Waals surface area contributed by atoms with E-state index in [1.165, 1.54) is 72.8 Å². The molecule has 3 rings (SSSR count). The third-order valence-electron chi connectivity index (χ3n) is 9.31. The first kappa shape index (κ1) is 59.0. The van der Waals surface area contributed by atoms with E-state index in [0.29, 0.717) is 16.7 Å². The molecule has 0 saturated heterocycles. The van der Waals surface area contributed by atoms with E-state index in [1.807, 2.05) is 62.3 Å². The van der Waals surface area contributed by atoms with Crippen LogP contribution in [0.1, 0.15) is 79.0 Å². The molecule has 0 bridgehead atoms. The van der Waals surface area contributed by atoms with Gasteiger partial charge in [-0.3, -0.25) is 0 Å². The highest BCUT2D eigenvalue weighted by Gasteiger charge is 2.87. The van der Waals surface area contributed by atoms with Gasteiger partial charge in [0.15, 0.2) is 0 Å². The molecule has 0 saturated carbocycles. The molecule has 0 amide bonds. The summed E-state index contributed by atoms with van der Waals surface area (Å²) in [5, 5.41) is -13.9. The molecule has 66 heavy (non-hydrogen) atoms. The van der Waals surface area contributed by atoms with Crippen LogP contribution in [0, 0.1) is 0 Å². The average molecular weight is 1060 g/mol. The van der Waals surface area contributed by atoms with Crippen molar-refractivity contribution in [1.29, 1.82) is 0 Å². The lowest BCUT2D eigenvalue weighted by Gasteiger charge is -2.42. The fourth-order valence-corrected chi connectivity index (χ4v) is 11.2. The van der Waals surface area contributed by atoms with E-state index in [2.05, 4.69) is 16.5 Å². The Labute approximate surface area is 374 Å². The Bertz CT molecular complexity index is 2240. The van der Waals surface area contributed by atoms with Crippen molar-refractivity contribution in [2.75, 3.05) is 0 Å². The molecule has 0 aliphatic carbocycles. The smallest absolute Gasteiger partial charge is 0.202 e. The number of alkyl halides is 18. The fraction of sp³-hybridized carbons (Fsp3) is 0.526. The second-order valence-electron chi connectivity index (χ2n) is 17.3. The van der Waals surface area contributed by atoms with Gasteiger partial charge >= 0.3 is 66.8 Å². The van der Waals surface area contributed by atoms with Crippen LogP contribution >= 0.6 is 23.2 Å². The van der Waals surface area contributed by atoms with Gasteiger partial charge in [-0.2, -0.15) is 99.5 Å². The lowest BCUT2D eigenvalue weighted by molar-refractivity contribution is -0.382. The topological polar surface area (TPSA) is 86.7 Å². The molecule has 0 aliphatic heterocycles. The Morgan fingerprint density at radius 1 is 0.364 bits per heavy atom. The highest BCUT2D eigenvalue weighted by Crippen LogP contribution is 2.72. The first-order chi connectivity index (χ1) is 28.9. The Kier molecular flexibility index (Phi) is 16.1. The Hall–Kier alpha value is -3.08. The molecule has 0 atom stereocenters. The molecule has 0 N–H and O–H groups in total. The van der Waals surface area contributed by atoms with Gasteiger partial charge in [-0.1, -0.05) is 98.7 Å². The molecule has 378 valence electrons. The third-order valence-corrected chi connectivity index (χ3v) is 16.2. The van der Waals surface area contributed by atoms with Crippen molar-refractivity contribution in [3.05, 3.63) is 89.5 Å². The summed E-state index contributed by atoms with van der Waals surface area (Å²) in [5.41, 5.74) is 0.667. The quantitative estimate of drug-likeness (QED) is 0.110. The van der Waals surface area contributed by atoms with Crippen molar-refractivity contribution < 1.29 is 103 Å². The summed E-state index contributed by atoms with van der Waals surface area (Å²) in [4.78, 5) is -0.395. The molecule has 0 aromatic heterocycles. The summed E-state index contributed by atoms with van der Waals surface area (Å²) in [6.45, 7) is 16.7. The highest BCUT2D eigenvalue weighted by atomic mass is 32.3. The van der Waals surface area contributed by atoms with Gasteiger partial charge < -0.3 is 0 Å². The van der Waals surface area contributed by atoms with Crippen LogP contribution in [0.15, 0.2) is 87.5 Å². The fourth-order valence-electron chi connectivity index (χ4n) is 5.23. The summed E-state index contributed by atoms with van der Waals surface area (Å²) in [7, 11) is -18.2. The van der Waals surface area contributed by atoms with Crippen molar-refractivity contribution in [2.24, 2.45) is 0 Å². The van der Waals surface area contributed by atoms with E-state index in [-0.39, 0.29) is 14.7 Å². The summed E-state index contributed by atoms with van der Waals surface area (Å²) in [6.07, 6.45) is -14.3. The second-order valence-corrected chi connectivity index (χ2v) is 23.8. The van der Waals surface area contributed by atoms with Crippen LogP contribution in [0.4, 0.5) is 79.0 Å². The predicted octanol–water partition coefficient (Wildman–Crippen LogP) is 14.2. The van der Waals surface area contributed by atoms with E-state index < -0.39 is 93.3 Å². The van der Waals surface area contributed by atoms with Gasteiger partial charge in [-0.15, -0.1) is 0 Å². The van der Waals surface area contributed by atoms with E-state index in [1.54, 1.807) is 0 Å². The predicted molar refractivity (Wildman–Crippen MR) is 209 cm³/mol. The summed E-state index contributed by atoms with van der Waals surface area (Å²) >= 11 is 2.17. The third kappa shape index (κ3) is 10.6. The van der Waals surface area contributed by atoms with Crippen LogP contribution in [0.2, 0.25) is 0 Å². The molecular weight excluding hydrogens is 1020 g/mol. The van der Waals surface area contributed by atoms with Crippen molar-refractivity contribution >= 4 is 43.5 Å². The van der Waals surface area contributed by atoms with Crippen LogP contribution < -0.4 is 0 Å².